The first kappa shape index (κ1) is 20.3. The number of amides is 1. The van der Waals surface area contributed by atoms with E-state index in [0.717, 1.165) is 11.1 Å². The Morgan fingerprint density at radius 3 is 2.00 bits per heavy atom. The van der Waals surface area contributed by atoms with Gasteiger partial charge in [0.15, 0.2) is 5.54 Å². The summed E-state index contributed by atoms with van der Waals surface area (Å²) in [5.74, 6) is -1.38. The van der Waals surface area contributed by atoms with Gasteiger partial charge in [-0.1, -0.05) is 60.7 Å². The number of rotatable bonds is 8. The maximum absolute atomic E-state index is 13.0. The molecule has 0 aliphatic rings. The van der Waals surface area contributed by atoms with Crippen LogP contribution >= 0.6 is 0 Å². The molecule has 0 spiro atoms. The lowest BCUT2D eigenvalue weighted by Crippen LogP contribution is -2.36. The topological polar surface area (TPSA) is 84.2 Å². The summed E-state index contributed by atoms with van der Waals surface area (Å²) in [5, 5.41) is 16.4. The van der Waals surface area contributed by atoms with Crippen molar-refractivity contribution in [3.05, 3.63) is 84.2 Å². The van der Waals surface area contributed by atoms with Gasteiger partial charge < -0.3 is 10.4 Å². The third kappa shape index (κ3) is 5.10. The van der Waals surface area contributed by atoms with E-state index in [2.05, 4.69) is 10.4 Å². The lowest BCUT2D eigenvalue weighted by molar-refractivity contribution is -0.146. The van der Waals surface area contributed by atoms with E-state index < -0.39 is 11.5 Å². The van der Waals surface area contributed by atoms with Crippen molar-refractivity contribution in [2.45, 2.75) is 32.2 Å². The number of hydrogen-bond acceptors (Lipinski definition) is 3. The highest BCUT2D eigenvalue weighted by Crippen LogP contribution is 2.20. The molecule has 1 amide bonds. The molecule has 6 nitrogen and oxygen atoms in total. The molecular weight excluding hydrogens is 366 g/mol. The van der Waals surface area contributed by atoms with Crippen LogP contribution in [0.1, 0.15) is 25.0 Å². The van der Waals surface area contributed by atoms with Gasteiger partial charge >= 0.3 is 5.97 Å². The molecule has 3 rings (SSSR count). The Morgan fingerprint density at radius 1 is 1.00 bits per heavy atom. The molecule has 0 atom stereocenters. The Kier molecular flexibility index (Phi) is 6.12. The summed E-state index contributed by atoms with van der Waals surface area (Å²) >= 11 is 0. The fraction of sp³-hybridized carbons (Fsp3) is 0.261. The second-order valence-corrected chi connectivity index (χ2v) is 7.60. The van der Waals surface area contributed by atoms with Gasteiger partial charge in [-0.2, -0.15) is 5.10 Å². The predicted molar refractivity (Wildman–Crippen MR) is 112 cm³/mol. The van der Waals surface area contributed by atoms with E-state index in [1.165, 1.54) is 10.9 Å². The average Bonchev–Trinajstić information content (AvgIpc) is 3.18. The molecule has 0 unspecified atom stereocenters. The highest BCUT2D eigenvalue weighted by molar-refractivity contribution is 5.92. The molecule has 0 aliphatic carbocycles. The molecular formula is C23H25N3O3. The summed E-state index contributed by atoms with van der Waals surface area (Å²) in [5.41, 5.74) is 1.46. The van der Waals surface area contributed by atoms with E-state index in [-0.39, 0.29) is 11.8 Å². The van der Waals surface area contributed by atoms with E-state index in [1.807, 2.05) is 60.7 Å². The quantitative estimate of drug-likeness (QED) is 0.613. The van der Waals surface area contributed by atoms with Gasteiger partial charge in [-0.15, -0.1) is 0 Å². The van der Waals surface area contributed by atoms with Gasteiger partial charge in [-0.3, -0.25) is 9.48 Å². The molecule has 0 saturated carbocycles. The fourth-order valence-electron chi connectivity index (χ4n) is 3.09. The minimum absolute atomic E-state index is 0.120. The molecule has 1 aromatic heterocycles. The van der Waals surface area contributed by atoms with Crippen molar-refractivity contribution in [2.24, 2.45) is 5.92 Å². The first-order chi connectivity index (χ1) is 13.9. The Hall–Kier alpha value is -3.41. The van der Waals surface area contributed by atoms with E-state index >= 15 is 0 Å². The normalized spacial score (nSPS) is 11.4. The number of carboxylic acids is 1. The molecule has 0 bridgehead atoms. The molecule has 3 aromatic rings. The molecule has 0 radical (unpaired) electrons. The van der Waals surface area contributed by atoms with Crippen molar-refractivity contribution in [3.8, 4) is 0 Å². The smallest absolute Gasteiger partial charge is 0.331 e. The Labute approximate surface area is 170 Å². The zero-order valence-electron chi connectivity index (χ0n) is 16.6. The van der Waals surface area contributed by atoms with Crippen molar-refractivity contribution in [3.63, 3.8) is 0 Å². The fourth-order valence-corrected chi connectivity index (χ4v) is 3.09. The second-order valence-electron chi connectivity index (χ2n) is 7.60. The van der Waals surface area contributed by atoms with Crippen LogP contribution in [0, 0.1) is 5.92 Å². The van der Waals surface area contributed by atoms with Crippen molar-refractivity contribution >= 4 is 17.6 Å². The Balaban J connectivity index is 1.77. The molecule has 0 aliphatic heterocycles. The van der Waals surface area contributed by atoms with Crippen molar-refractivity contribution in [2.75, 3.05) is 5.32 Å². The summed E-state index contributed by atoms with van der Waals surface area (Å²) < 4.78 is 1.34. The third-order valence-corrected chi connectivity index (χ3v) is 4.97. The van der Waals surface area contributed by atoms with Gasteiger partial charge in [0.2, 0.25) is 5.91 Å². The predicted octanol–water partition coefficient (Wildman–Crippen LogP) is 3.74. The monoisotopic (exact) mass is 391 g/mol. The number of aromatic nitrogens is 2. The van der Waals surface area contributed by atoms with Gasteiger partial charge in [0.25, 0.3) is 0 Å². The highest BCUT2D eigenvalue weighted by Gasteiger charge is 2.30. The lowest BCUT2D eigenvalue weighted by Gasteiger charge is -2.19. The SMILES string of the molecule is CC(C)(C(=O)O)n1cc(NC(=O)C(Cc2ccccc2)Cc2ccccc2)cn1. The number of benzene rings is 2. The van der Waals surface area contributed by atoms with Crippen LogP contribution in [0.5, 0.6) is 0 Å². The van der Waals surface area contributed by atoms with Gasteiger partial charge in [-0.25, -0.2) is 4.79 Å². The number of aliphatic carboxylic acids is 1. The van der Waals surface area contributed by atoms with Gasteiger partial charge in [0.1, 0.15) is 0 Å². The summed E-state index contributed by atoms with van der Waals surface area (Å²) in [6, 6.07) is 19.8. The van der Waals surface area contributed by atoms with Gasteiger partial charge in [-0.05, 0) is 37.8 Å². The molecule has 1 heterocycles. The molecule has 0 saturated heterocycles. The first-order valence-corrected chi connectivity index (χ1v) is 9.53. The molecule has 29 heavy (non-hydrogen) atoms. The molecule has 6 heteroatoms. The zero-order valence-corrected chi connectivity index (χ0v) is 16.6. The van der Waals surface area contributed by atoms with Crippen LogP contribution in [0.15, 0.2) is 73.1 Å². The lowest BCUT2D eigenvalue weighted by atomic mass is 9.91. The largest absolute Gasteiger partial charge is 0.479 e. The van der Waals surface area contributed by atoms with Crippen LogP contribution < -0.4 is 5.32 Å². The Morgan fingerprint density at radius 2 is 1.52 bits per heavy atom. The number of carbonyl (C=O) groups is 2. The maximum Gasteiger partial charge on any atom is 0.331 e. The minimum atomic E-state index is -1.20. The number of nitrogens with one attached hydrogen (secondary N) is 1. The van der Waals surface area contributed by atoms with Crippen LogP contribution in [0.25, 0.3) is 0 Å². The van der Waals surface area contributed by atoms with Crippen LogP contribution in [-0.4, -0.2) is 26.8 Å². The number of nitrogens with zero attached hydrogens (tertiary/aromatic N) is 2. The summed E-state index contributed by atoms with van der Waals surface area (Å²) in [4.78, 5) is 24.5. The number of carboxylic acid groups (broad SMARTS) is 1. The van der Waals surface area contributed by atoms with E-state index in [9.17, 15) is 14.7 Å². The van der Waals surface area contributed by atoms with Crippen LogP contribution in [0.4, 0.5) is 5.69 Å². The van der Waals surface area contributed by atoms with E-state index in [4.69, 9.17) is 0 Å². The Bertz CT molecular complexity index is 924. The van der Waals surface area contributed by atoms with Crippen molar-refractivity contribution in [1.29, 1.82) is 0 Å². The maximum atomic E-state index is 13.0. The summed E-state index contributed by atoms with van der Waals surface area (Å²) in [7, 11) is 0. The number of carbonyl (C=O) groups excluding carboxylic acids is 1. The summed E-state index contributed by atoms with van der Waals surface area (Å²) in [6.07, 6.45) is 4.24. The highest BCUT2D eigenvalue weighted by atomic mass is 16.4. The average molecular weight is 391 g/mol. The second kappa shape index (κ2) is 8.73. The first-order valence-electron chi connectivity index (χ1n) is 9.53. The van der Waals surface area contributed by atoms with Crippen molar-refractivity contribution < 1.29 is 14.7 Å². The summed E-state index contributed by atoms with van der Waals surface area (Å²) in [6.45, 7) is 3.11. The van der Waals surface area contributed by atoms with Gasteiger partial charge in [0, 0.05) is 12.1 Å². The molecule has 150 valence electrons. The molecule has 2 aromatic carbocycles. The van der Waals surface area contributed by atoms with Crippen molar-refractivity contribution in [1.82, 2.24) is 9.78 Å². The molecule has 0 fully saturated rings. The van der Waals surface area contributed by atoms with Crippen LogP contribution in [0.3, 0.4) is 0 Å². The third-order valence-electron chi connectivity index (χ3n) is 4.97. The van der Waals surface area contributed by atoms with Crippen LogP contribution in [0.2, 0.25) is 0 Å². The van der Waals surface area contributed by atoms with E-state index in [0.29, 0.717) is 18.5 Å². The zero-order chi connectivity index (χ0) is 20.9. The number of hydrogen-bond donors (Lipinski definition) is 2. The minimum Gasteiger partial charge on any atom is -0.479 e. The number of anilines is 1. The van der Waals surface area contributed by atoms with Gasteiger partial charge in [0.05, 0.1) is 11.9 Å². The van der Waals surface area contributed by atoms with E-state index in [1.54, 1.807) is 20.0 Å². The van der Waals surface area contributed by atoms with Crippen LogP contribution in [-0.2, 0) is 28.0 Å². The molecule has 2 N–H and O–H groups in total. The standard InChI is InChI=1S/C23H25N3O3/c1-23(2,22(28)29)26-16-20(15-24-26)25-21(27)19(13-17-9-5-3-6-10-17)14-18-11-7-4-8-12-18/h3-12,15-16,19H,13-14H2,1-2H3,(H,25,27)(H,28,29).